The molecule has 112 valence electrons. The maximum atomic E-state index is 5.22. The number of ether oxygens (including phenoxy) is 1. The first kappa shape index (κ1) is 14.7. The third-order valence-electron chi connectivity index (χ3n) is 3.30. The minimum atomic E-state index is 0.557. The molecule has 3 rings (SSSR count). The van der Waals surface area contributed by atoms with Crippen molar-refractivity contribution in [1.82, 2.24) is 20.2 Å². The Labute approximate surface area is 137 Å². The van der Waals surface area contributed by atoms with Gasteiger partial charge < -0.3 is 4.74 Å². The number of aromatic nitrogens is 4. The number of hydrogen-bond donors (Lipinski definition) is 0. The number of hydrogen-bond acceptors (Lipinski definition) is 4. The summed E-state index contributed by atoms with van der Waals surface area (Å²) in [4.78, 5) is 1.59. The van der Waals surface area contributed by atoms with Crippen LogP contribution in [0.5, 0.6) is 5.75 Å². The summed E-state index contributed by atoms with van der Waals surface area (Å²) in [6.45, 7) is 2.61. The third kappa shape index (κ3) is 3.17. The summed E-state index contributed by atoms with van der Waals surface area (Å²) in [7, 11) is 1.65. The Morgan fingerprint density at radius 2 is 1.91 bits per heavy atom. The van der Waals surface area contributed by atoms with Gasteiger partial charge in [-0.15, -0.1) is 10.2 Å². The molecule has 0 N–H and O–H groups in total. The zero-order valence-corrected chi connectivity index (χ0v) is 13.9. The highest BCUT2D eigenvalue weighted by Gasteiger charge is 2.07. The summed E-state index contributed by atoms with van der Waals surface area (Å²) in [5.74, 6) is 1.43. The maximum absolute atomic E-state index is 5.22. The molecular formula is C16H15BrN4O. The van der Waals surface area contributed by atoms with Crippen LogP contribution >= 0.6 is 15.9 Å². The van der Waals surface area contributed by atoms with Crippen molar-refractivity contribution >= 4 is 15.9 Å². The molecular weight excluding hydrogens is 344 g/mol. The van der Waals surface area contributed by atoms with Gasteiger partial charge in [0.05, 0.1) is 18.1 Å². The molecule has 5 nitrogen and oxygen atoms in total. The van der Waals surface area contributed by atoms with Gasteiger partial charge in [0.2, 0.25) is 5.82 Å². The van der Waals surface area contributed by atoms with Gasteiger partial charge >= 0.3 is 0 Å². The van der Waals surface area contributed by atoms with Gasteiger partial charge in [0.25, 0.3) is 0 Å². The number of tetrazole rings is 1. The van der Waals surface area contributed by atoms with Gasteiger partial charge in [-0.25, -0.2) is 0 Å². The van der Waals surface area contributed by atoms with Gasteiger partial charge in [-0.1, -0.05) is 35.9 Å². The summed E-state index contributed by atoms with van der Waals surface area (Å²) in [6.07, 6.45) is 0. The van der Waals surface area contributed by atoms with Crippen molar-refractivity contribution in [1.29, 1.82) is 0 Å². The Kier molecular flexibility index (Phi) is 4.20. The largest absolute Gasteiger partial charge is 0.496 e. The van der Waals surface area contributed by atoms with E-state index in [1.165, 1.54) is 5.56 Å². The van der Waals surface area contributed by atoms with Crippen LogP contribution in [0.2, 0.25) is 0 Å². The average Bonchev–Trinajstić information content (AvgIpc) is 2.97. The zero-order chi connectivity index (χ0) is 15.5. The van der Waals surface area contributed by atoms with Crippen LogP contribution in [0, 0.1) is 6.92 Å². The number of benzene rings is 2. The monoisotopic (exact) mass is 358 g/mol. The number of halogens is 1. The smallest absolute Gasteiger partial charge is 0.204 e. The minimum Gasteiger partial charge on any atom is -0.496 e. The van der Waals surface area contributed by atoms with E-state index >= 15 is 0 Å². The van der Waals surface area contributed by atoms with E-state index in [2.05, 4.69) is 38.3 Å². The van der Waals surface area contributed by atoms with Crippen LogP contribution in [0.25, 0.3) is 11.4 Å². The molecule has 1 heterocycles. The van der Waals surface area contributed by atoms with E-state index in [0.717, 1.165) is 21.3 Å². The average molecular weight is 359 g/mol. The third-order valence-corrected chi connectivity index (χ3v) is 3.92. The van der Waals surface area contributed by atoms with Crippen molar-refractivity contribution in [2.24, 2.45) is 0 Å². The molecule has 0 radical (unpaired) electrons. The lowest BCUT2D eigenvalue weighted by Crippen LogP contribution is -2.04. The highest BCUT2D eigenvalue weighted by molar-refractivity contribution is 9.10. The molecule has 0 atom stereocenters. The first-order valence-corrected chi connectivity index (χ1v) is 7.62. The lowest BCUT2D eigenvalue weighted by atomic mass is 10.1. The molecule has 0 aliphatic rings. The van der Waals surface area contributed by atoms with Gasteiger partial charge in [-0.2, -0.15) is 4.80 Å². The molecule has 22 heavy (non-hydrogen) atoms. The molecule has 0 bridgehead atoms. The van der Waals surface area contributed by atoms with Crippen molar-refractivity contribution in [3.8, 4) is 17.1 Å². The van der Waals surface area contributed by atoms with Gasteiger partial charge in [0.1, 0.15) is 5.75 Å². The molecule has 3 aromatic rings. The number of nitrogens with zero attached hydrogens (tertiary/aromatic N) is 4. The van der Waals surface area contributed by atoms with Crippen LogP contribution in [0.3, 0.4) is 0 Å². The Hall–Kier alpha value is -2.21. The molecule has 0 unspecified atom stereocenters. The van der Waals surface area contributed by atoms with E-state index in [1.807, 2.05) is 42.5 Å². The highest BCUT2D eigenvalue weighted by Crippen LogP contribution is 2.25. The molecule has 0 spiro atoms. The van der Waals surface area contributed by atoms with Crippen LogP contribution < -0.4 is 4.74 Å². The number of rotatable bonds is 4. The second-order valence-electron chi connectivity index (χ2n) is 4.98. The van der Waals surface area contributed by atoms with E-state index in [9.17, 15) is 0 Å². The first-order valence-electron chi connectivity index (χ1n) is 6.83. The summed E-state index contributed by atoms with van der Waals surface area (Å²) in [5.41, 5.74) is 3.24. The van der Waals surface area contributed by atoms with Crippen LogP contribution in [0.1, 0.15) is 11.1 Å². The molecule has 0 aliphatic heterocycles. The normalized spacial score (nSPS) is 10.7. The molecule has 1 aromatic heterocycles. The lowest BCUT2D eigenvalue weighted by Gasteiger charge is -2.05. The summed E-state index contributed by atoms with van der Waals surface area (Å²) >= 11 is 3.48. The van der Waals surface area contributed by atoms with Crippen molar-refractivity contribution in [2.75, 3.05) is 7.11 Å². The molecule has 0 amide bonds. The Bertz CT molecular complexity index is 783. The second-order valence-corrected chi connectivity index (χ2v) is 5.83. The van der Waals surface area contributed by atoms with Crippen LogP contribution in [-0.2, 0) is 6.54 Å². The highest BCUT2D eigenvalue weighted by atomic mass is 79.9. The van der Waals surface area contributed by atoms with Crippen LogP contribution in [0.15, 0.2) is 46.9 Å². The maximum Gasteiger partial charge on any atom is 0.204 e. The van der Waals surface area contributed by atoms with E-state index in [1.54, 1.807) is 11.9 Å². The van der Waals surface area contributed by atoms with E-state index in [-0.39, 0.29) is 0 Å². The van der Waals surface area contributed by atoms with Gasteiger partial charge in [-0.3, -0.25) is 0 Å². The standard InChI is InChI=1S/C16H15BrN4O/c1-11-3-6-13(7-4-11)16-18-20-21(19-16)10-12-5-8-15(22-2)14(17)9-12/h3-9H,10H2,1-2H3. The van der Waals surface area contributed by atoms with E-state index in [0.29, 0.717) is 12.4 Å². The fraction of sp³-hybridized carbons (Fsp3) is 0.188. The molecule has 6 heteroatoms. The van der Waals surface area contributed by atoms with Crippen molar-refractivity contribution in [2.45, 2.75) is 13.5 Å². The Morgan fingerprint density at radius 1 is 1.14 bits per heavy atom. The quantitative estimate of drug-likeness (QED) is 0.716. The molecule has 2 aromatic carbocycles. The zero-order valence-electron chi connectivity index (χ0n) is 12.3. The fourth-order valence-electron chi connectivity index (χ4n) is 2.10. The van der Waals surface area contributed by atoms with Crippen LogP contribution in [0.4, 0.5) is 0 Å². The predicted molar refractivity (Wildman–Crippen MR) is 87.8 cm³/mol. The van der Waals surface area contributed by atoms with Crippen molar-refractivity contribution in [3.63, 3.8) is 0 Å². The Morgan fingerprint density at radius 3 is 2.59 bits per heavy atom. The molecule has 0 saturated carbocycles. The first-order chi connectivity index (χ1) is 10.7. The van der Waals surface area contributed by atoms with Gasteiger partial charge in [0.15, 0.2) is 0 Å². The van der Waals surface area contributed by atoms with Crippen LogP contribution in [-0.4, -0.2) is 27.3 Å². The Balaban J connectivity index is 1.79. The van der Waals surface area contributed by atoms with Crippen molar-refractivity contribution < 1.29 is 4.74 Å². The van der Waals surface area contributed by atoms with E-state index < -0.39 is 0 Å². The number of aryl methyl sites for hydroxylation is 1. The fourth-order valence-corrected chi connectivity index (χ4v) is 2.69. The lowest BCUT2D eigenvalue weighted by molar-refractivity contribution is 0.412. The molecule has 0 fully saturated rings. The summed E-state index contributed by atoms with van der Waals surface area (Å²) in [6, 6.07) is 14.0. The molecule has 0 saturated heterocycles. The van der Waals surface area contributed by atoms with Gasteiger partial charge in [0, 0.05) is 5.56 Å². The topological polar surface area (TPSA) is 52.8 Å². The van der Waals surface area contributed by atoms with Gasteiger partial charge in [-0.05, 0) is 45.8 Å². The second kappa shape index (κ2) is 6.27. The minimum absolute atomic E-state index is 0.557. The number of methoxy groups -OCH3 is 1. The molecule has 0 aliphatic carbocycles. The summed E-state index contributed by atoms with van der Waals surface area (Å²) < 4.78 is 6.13. The van der Waals surface area contributed by atoms with E-state index in [4.69, 9.17) is 4.74 Å². The predicted octanol–water partition coefficient (Wildman–Crippen LogP) is 3.47. The SMILES string of the molecule is COc1ccc(Cn2nnc(-c3ccc(C)cc3)n2)cc1Br. The van der Waals surface area contributed by atoms with Crippen molar-refractivity contribution in [3.05, 3.63) is 58.1 Å². The summed E-state index contributed by atoms with van der Waals surface area (Å²) in [5, 5.41) is 12.7.